The third-order valence-corrected chi connectivity index (χ3v) is 5.14. The van der Waals surface area contributed by atoms with Gasteiger partial charge in [-0.2, -0.15) is 0 Å². The van der Waals surface area contributed by atoms with Crippen LogP contribution in [0.4, 0.5) is 0 Å². The fourth-order valence-electron chi connectivity index (χ4n) is 3.85. The fraction of sp³-hybridized carbons (Fsp3) is 1.00. The van der Waals surface area contributed by atoms with E-state index in [1.54, 1.807) is 0 Å². The van der Waals surface area contributed by atoms with E-state index in [4.69, 9.17) is 5.73 Å². The largest absolute Gasteiger partial charge is 0.328 e. The molecule has 0 aromatic heterocycles. The molecule has 0 spiro atoms. The number of hydrogen-bond acceptors (Lipinski definition) is 2. The minimum Gasteiger partial charge on any atom is -0.328 e. The van der Waals surface area contributed by atoms with E-state index in [1.807, 2.05) is 0 Å². The van der Waals surface area contributed by atoms with Crippen LogP contribution in [0.15, 0.2) is 0 Å². The maximum absolute atomic E-state index is 6.02. The van der Waals surface area contributed by atoms with E-state index in [0.29, 0.717) is 11.5 Å². The normalized spacial score (nSPS) is 35.7. The average Bonchev–Trinajstić information content (AvgIpc) is 2.53. The summed E-state index contributed by atoms with van der Waals surface area (Å²) in [6.07, 6.45) is 8.08. The first-order valence-electron chi connectivity index (χ1n) is 7.93. The number of rotatable bonds is 2. The van der Waals surface area contributed by atoms with Crippen LogP contribution in [0, 0.1) is 17.3 Å². The van der Waals surface area contributed by atoms with Crippen LogP contribution >= 0.6 is 0 Å². The second kappa shape index (κ2) is 5.92. The van der Waals surface area contributed by atoms with Crippen molar-refractivity contribution in [3.8, 4) is 0 Å². The van der Waals surface area contributed by atoms with Crippen molar-refractivity contribution >= 4 is 0 Å². The number of nitrogens with zero attached hydrogens (tertiary/aromatic N) is 1. The van der Waals surface area contributed by atoms with Crippen LogP contribution < -0.4 is 5.73 Å². The van der Waals surface area contributed by atoms with Crippen molar-refractivity contribution in [2.45, 2.75) is 65.3 Å². The molecule has 1 heterocycles. The van der Waals surface area contributed by atoms with Gasteiger partial charge in [-0.15, -0.1) is 0 Å². The second-order valence-corrected chi connectivity index (χ2v) is 7.73. The first-order valence-corrected chi connectivity index (χ1v) is 7.93. The van der Waals surface area contributed by atoms with Gasteiger partial charge in [0, 0.05) is 12.6 Å². The summed E-state index contributed by atoms with van der Waals surface area (Å²) in [7, 11) is 0. The summed E-state index contributed by atoms with van der Waals surface area (Å²) in [5.74, 6) is 1.79. The molecule has 2 nitrogen and oxygen atoms in total. The Morgan fingerprint density at radius 2 is 1.83 bits per heavy atom. The van der Waals surface area contributed by atoms with Crippen LogP contribution in [0.2, 0.25) is 0 Å². The van der Waals surface area contributed by atoms with Crippen molar-refractivity contribution in [2.24, 2.45) is 23.0 Å². The Hall–Kier alpha value is -0.0800. The topological polar surface area (TPSA) is 29.3 Å². The fourth-order valence-corrected chi connectivity index (χ4v) is 3.85. The zero-order valence-corrected chi connectivity index (χ0v) is 12.6. The number of hydrogen-bond donors (Lipinski definition) is 1. The van der Waals surface area contributed by atoms with Gasteiger partial charge in [-0.1, -0.05) is 20.8 Å². The van der Waals surface area contributed by atoms with Crippen LogP contribution in [0.1, 0.15) is 59.3 Å². The molecule has 18 heavy (non-hydrogen) atoms. The zero-order chi connectivity index (χ0) is 13.2. The Morgan fingerprint density at radius 1 is 1.06 bits per heavy atom. The average molecular weight is 252 g/mol. The van der Waals surface area contributed by atoms with Crippen molar-refractivity contribution in [3.63, 3.8) is 0 Å². The van der Waals surface area contributed by atoms with E-state index >= 15 is 0 Å². The molecule has 0 amide bonds. The van der Waals surface area contributed by atoms with Crippen molar-refractivity contribution in [1.29, 1.82) is 0 Å². The Balaban J connectivity index is 1.78. The quantitative estimate of drug-likeness (QED) is 0.817. The van der Waals surface area contributed by atoms with Crippen LogP contribution in [0.5, 0.6) is 0 Å². The second-order valence-electron chi connectivity index (χ2n) is 7.73. The summed E-state index contributed by atoms with van der Waals surface area (Å²) in [6.45, 7) is 11.2. The van der Waals surface area contributed by atoms with E-state index in [-0.39, 0.29) is 0 Å². The lowest BCUT2D eigenvalue weighted by molar-refractivity contribution is 0.199. The highest BCUT2D eigenvalue weighted by Crippen LogP contribution is 2.35. The zero-order valence-electron chi connectivity index (χ0n) is 12.6. The molecular formula is C16H32N2. The number of likely N-dealkylation sites (tertiary alicyclic amines) is 1. The van der Waals surface area contributed by atoms with Crippen LogP contribution in [0.3, 0.4) is 0 Å². The minimum absolute atomic E-state index is 0.490. The predicted molar refractivity (Wildman–Crippen MR) is 78.6 cm³/mol. The van der Waals surface area contributed by atoms with Crippen LogP contribution in [-0.2, 0) is 0 Å². The Labute approximate surface area is 113 Å². The molecule has 2 rings (SSSR count). The van der Waals surface area contributed by atoms with Gasteiger partial charge in [0.15, 0.2) is 0 Å². The molecule has 0 aromatic rings. The highest BCUT2D eigenvalue weighted by atomic mass is 15.1. The summed E-state index contributed by atoms with van der Waals surface area (Å²) in [4.78, 5) is 2.72. The molecule has 1 saturated heterocycles. The van der Waals surface area contributed by atoms with Crippen molar-refractivity contribution in [1.82, 2.24) is 4.90 Å². The van der Waals surface area contributed by atoms with Gasteiger partial charge in [-0.05, 0) is 68.9 Å². The Morgan fingerprint density at radius 3 is 2.44 bits per heavy atom. The Kier molecular flexibility index (Phi) is 4.71. The maximum Gasteiger partial charge on any atom is 0.00420 e. The van der Waals surface area contributed by atoms with Gasteiger partial charge < -0.3 is 10.6 Å². The highest BCUT2D eigenvalue weighted by molar-refractivity contribution is 4.83. The van der Waals surface area contributed by atoms with Gasteiger partial charge in [-0.3, -0.25) is 0 Å². The standard InChI is InChI=1S/C16H32N2/c1-16(2,3)14-5-4-9-18(10-8-14)12-13-6-7-15(17)11-13/h13-15H,4-12,17H2,1-3H3. The molecule has 3 atom stereocenters. The van der Waals surface area contributed by atoms with Crippen LogP contribution in [-0.4, -0.2) is 30.6 Å². The van der Waals surface area contributed by atoms with E-state index in [0.717, 1.165) is 11.8 Å². The molecule has 1 aliphatic heterocycles. The van der Waals surface area contributed by atoms with Crippen molar-refractivity contribution < 1.29 is 0 Å². The summed E-state index contributed by atoms with van der Waals surface area (Å²) in [5, 5.41) is 0. The van der Waals surface area contributed by atoms with E-state index in [2.05, 4.69) is 25.7 Å². The maximum atomic E-state index is 6.02. The third-order valence-electron chi connectivity index (χ3n) is 5.14. The number of nitrogens with two attached hydrogens (primary N) is 1. The van der Waals surface area contributed by atoms with Gasteiger partial charge in [0.25, 0.3) is 0 Å². The van der Waals surface area contributed by atoms with Gasteiger partial charge in [-0.25, -0.2) is 0 Å². The summed E-state index contributed by atoms with van der Waals surface area (Å²) < 4.78 is 0. The third kappa shape index (κ3) is 3.96. The molecule has 3 unspecified atom stereocenters. The van der Waals surface area contributed by atoms with Gasteiger partial charge in [0.05, 0.1) is 0 Å². The molecule has 0 aromatic carbocycles. The van der Waals surface area contributed by atoms with Gasteiger partial charge >= 0.3 is 0 Å². The highest BCUT2D eigenvalue weighted by Gasteiger charge is 2.29. The smallest absolute Gasteiger partial charge is 0.00420 e. The molecular weight excluding hydrogens is 220 g/mol. The van der Waals surface area contributed by atoms with Gasteiger partial charge in [0.2, 0.25) is 0 Å². The first-order chi connectivity index (χ1) is 8.45. The lowest BCUT2D eigenvalue weighted by atomic mass is 9.77. The van der Waals surface area contributed by atoms with Crippen molar-refractivity contribution in [2.75, 3.05) is 19.6 Å². The summed E-state index contributed by atoms with van der Waals surface area (Å²) >= 11 is 0. The van der Waals surface area contributed by atoms with E-state index in [1.165, 1.54) is 58.2 Å². The lowest BCUT2D eigenvalue weighted by Gasteiger charge is -2.30. The SMILES string of the molecule is CC(C)(C)C1CCCN(CC2CCC(N)C2)CC1. The van der Waals surface area contributed by atoms with E-state index in [9.17, 15) is 0 Å². The Bertz CT molecular complexity index is 256. The van der Waals surface area contributed by atoms with E-state index < -0.39 is 0 Å². The summed E-state index contributed by atoms with van der Waals surface area (Å²) in [6, 6.07) is 0.490. The first kappa shape index (κ1) is 14.3. The molecule has 2 N–H and O–H groups in total. The van der Waals surface area contributed by atoms with Gasteiger partial charge in [0.1, 0.15) is 0 Å². The molecule has 2 aliphatic rings. The van der Waals surface area contributed by atoms with Crippen LogP contribution in [0.25, 0.3) is 0 Å². The predicted octanol–water partition coefficient (Wildman–Crippen LogP) is 3.26. The van der Waals surface area contributed by atoms with Crippen molar-refractivity contribution in [3.05, 3.63) is 0 Å². The molecule has 1 saturated carbocycles. The molecule has 1 aliphatic carbocycles. The summed E-state index contributed by atoms with van der Waals surface area (Å²) in [5.41, 5.74) is 6.51. The molecule has 106 valence electrons. The lowest BCUT2D eigenvalue weighted by Crippen LogP contribution is -2.31. The monoisotopic (exact) mass is 252 g/mol. The molecule has 2 fully saturated rings. The molecule has 2 heteroatoms. The molecule has 0 bridgehead atoms. The minimum atomic E-state index is 0.490. The molecule has 0 radical (unpaired) electrons.